The molecule has 2 aliphatic heterocycles. The van der Waals surface area contributed by atoms with Crippen LogP contribution in [0.3, 0.4) is 0 Å². The van der Waals surface area contributed by atoms with Gasteiger partial charge in [0.1, 0.15) is 0 Å². The van der Waals surface area contributed by atoms with Crippen molar-refractivity contribution in [3.63, 3.8) is 0 Å². The molecule has 1 fully saturated rings. The van der Waals surface area contributed by atoms with E-state index in [2.05, 4.69) is 46.5 Å². The summed E-state index contributed by atoms with van der Waals surface area (Å²) in [6.07, 6.45) is 2.31. The lowest BCUT2D eigenvalue weighted by atomic mass is 10.1. The van der Waals surface area contributed by atoms with E-state index in [1.807, 2.05) is 11.8 Å². The molecule has 0 radical (unpaired) electrons. The molecule has 3 rings (SSSR count). The van der Waals surface area contributed by atoms with E-state index >= 15 is 0 Å². The van der Waals surface area contributed by atoms with Gasteiger partial charge >= 0.3 is 0 Å². The fourth-order valence-electron chi connectivity index (χ4n) is 2.51. The molecular weight excluding hydrogens is 242 g/mol. The number of benzene rings is 1. The SMILES string of the molecule is CN1CCC(SC2=NCCc3ccccc3N2)C1. The summed E-state index contributed by atoms with van der Waals surface area (Å²) in [5, 5.41) is 5.28. The third-order valence-corrected chi connectivity index (χ3v) is 4.69. The van der Waals surface area contributed by atoms with Gasteiger partial charge in [0.15, 0.2) is 5.17 Å². The van der Waals surface area contributed by atoms with Crippen LogP contribution in [0.2, 0.25) is 0 Å². The van der Waals surface area contributed by atoms with Crippen LogP contribution in [0.4, 0.5) is 5.69 Å². The number of fused-ring (bicyclic) bond motifs is 1. The molecule has 0 aliphatic carbocycles. The minimum atomic E-state index is 0.687. The number of aliphatic imine (C=N–C) groups is 1. The van der Waals surface area contributed by atoms with Gasteiger partial charge in [-0.3, -0.25) is 4.99 Å². The highest BCUT2D eigenvalue weighted by atomic mass is 32.2. The van der Waals surface area contributed by atoms with Crippen molar-refractivity contribution in [1.82, 2.24) is 4.90 Å². The lowest BCUT2D eigenvalue weighted by Crippen LogP contribution is -2.18. The third-order valence-electron chi connectivity index (χ3n) is 3.52. The van der Waals surface area contributed by atoms with E-state index < -0.39 is 0 Å². The Hall–Kier alpha value is -1.00. The van der Waals surface area contributed by atoms with Crippen LogP contribution in [0.15, 0.2) is 29.3 Å². The smallest absolute Gasteiger partial charge is 0.161 e. The molecule has 2 aliphatic rings. The van der Waals surface area contributed by atoms with Crippen molar-refractivity contribution in [1.29, 1.82) is 0 Å². The molecule has 1 unspecified atom stereocenters. The predicted octanol–water partition coefficient (Wildman–Crippen LogP) is 2.45. The number of hydrogen-bond acceptors (Lipinski definition) is 4. The molecule has 0 amide bonds. The van der Waals surface area contributed by atoms with Gasteiger partial charge in [-0.1, -0.05) is 30.0 Å². The molecule has 0 bridgehead atoms. The molecule has 18 heavy (non-hydrogen) atoms. The summed E-state index contributed by atoms with van der Waals surface area (Å²) in [6, 6.07) is 8.53. The molecule has 1 N–H and O–H groups in total. The molecular formula is C14H19N3S. The van der Waals surface area contributed by atoms with Crippen molar-refractivity contribution in [2.24, 2.45) is 4.99 Å². The van der Waals surface area contributed by atoms with E-state index in [0.717, 1.165) is 18.1 Å². The number of rotatable bonds is 1. The Morgan fingerprint density at radius 1 is 1.39 bits per heavy atom. The quantitative estimate of drug-likeness (QED) is 0.841. The minimum Gasteiger partial charge on any atom is -0.335 e. The van der Waals surface area contributed by atoms with Gasteiger partial charge in [-0.25, -0.2) is 0 Å². The molecule has 1 atom stereocenters. The average Bonchev–Trinajstić information content (AvgIpc) is 2.66. The Bertz CT molecular complexity index is 458. The number of anilines is 1. The zero-order valence-electron chi connectivity index (χ0n) is 10.7. The monoisotopic (exact) mass is 261 g/mol. The van der Waals surface area contributed by atoms with E-state index in [0.29, 0.717) is 5.25 Å². The Kier molecular flexibility index (Phi) is 3.57. The van der Waals surface area contributed by atoms with Gasteiger partial charge in [0.25, 0.3) is 0 Å². The van der Waals surface area contributed by atoms with E-state index in [-0.39, 0.29) is 0 Å². The van der Waals surface area contributed by atoms with Gasteiger partial charge in [0.2, 0.25) is 0 Å². The van der Waals surface area contributed by atoms with Gasteiger partial charge in [-0.05, 0) is 38.1 Å². The fourth-order valence-corrected chi connectivity index (χ4v) is 3.71. The fraction of sp³-hybridized carbons (Fsp3) is 0.500. The lowest BCUT2D eigenvalue weighted by molar-refractivity contribution is 0.419. The van der Waals surface area contributed by atoms with Crippen molar-refractivity contribution in [3.8, 4) is 0 Å². The van der Waals surface area contributed by atoms with Crippen molar-refractivity contribution in [2.75, 3.05) is 32.0 Å². The topological polar surface area (TPSA) is 27.6 Å². The van der Waals surface area contributed by atoms with Crippen LogP contribution in [0.1, 0.15) is 12.0 Å². The van der Waals surface area contributed by atoms with Crippen LogP contribution in [-0.2, 0) is 6.42 Å². The Labute approximate surface area is 113 Å². The maximum atomic E-state index is 4.68. The number of amidine groups is 1. The Balaban J connectivity index is 1.69. The van der Waals surface area contributed by atoms with Crippen molar-refractivity contribution >= 4 is 22.6 Å². The second-order valence-corrected chi connectivity index (χ2v) is 6.30. The number of nitrogens with one attached hydrogen (secondary N) is 1. The molecule has 2 heterocycles. The number of nitrogens with zero attached hydrogens (tertiary/aromatic N) is 2. The summed E-state index contributed by atoms with van der Waals surface area (Å²) in [4.78, 5) is 7.07. The first-order valence-corrected chi connectivity index (χ1v) is 7.44. The summed E-state index contributed by atoms with van der Waals surface area (Å²) >= 11 is 1.91. The molecule has 3 nitrogen and oxygen atoms in total. The van der Waals surface area contributed by atoms with Crippen molar-refractivity contribution < 1.29 is 0 Å². The van der Waals surface area contributed by atoms with E-state index in [1.54, 1.807) is 0 Å². The molecule has 4 heteroatoms. The lowest BCUT2D eigenvalue weighted by Gasteiger charge is -2.13. The van der Waals surface area contributed by atoms with Gasteiger partial charge in [-0.2, -0.15) is 0 Å². The van der Waals surface area contributed by atoms with Crippen LogP contribution in [-0.4, -0.2) is 42.0 Å². The predicted molar refractivity (Wildman–Crippen MR) is 79.6 cm³/mol. The largest absolute Gasteiger partial charge is 0.335 e. The number of hydrogen-bond donors (Lipinski definition) is 1. The Morgan fingerprint density at radius 2 is 2.28 bits per heavy atom. The normalized spacial score (nSPS) is 24.1. The van der Waals surface area contributed by atoms with E-state index in [4.69, 9.17) is 0 Å². The first-order valence-electron chi connectivity index (χ1n) is 6.56. The zero-order valence-corrected chi connectivity index (χ0v) is 11.5. The molecule has 0 aromatic heterocycles. The zero-order chi connectivity index (χ0) is 12.4. The van der Waals surface area contributed by atoms with Crippen LogP contribution in [0.25, 0.3) is 0 Å². The maximum Gasteiger partial charge on any atom is 0.161 e. The first kappa shape index (κ1) is 12.1. The van der Waals surface area contributed by atoms with Crippen LogP contribution >= 0.6 is 11.8 Å². The van der Waals surface area contributed by atoms with Gasteiger partial charge in [0.05, 0.1) is 0 Å². The standard InChI is InChI=1S/C14H19N3S/c1-17-9-7-12(10-17)18-14-15-8-6-11-4-2-3-5-13(11)16-14/h2-5,12H,6-10H2,1H3,(H,15,16). The van der Waals surface area contributed by atoms with Crippen molar-refractivity contribution in [3.05, 3.63) is 29.8 Å². The second kappa shape index (κ2) is 5.33. The van der Waals surface area contributed by atoms with Gasteiger partial charge in [-0.15, -0.1) is 0 Å². The Morgan fingerprint density at radius 3 is 3.11 bits per heavy atom. The van der Waals surface area contributed by atoms with E-state index in [9.17, 15) is 0 Å². The average molecular weight is 261 g/mol. The summed E-state index contributed by atoms with van der Waals surface area (Å²) in [5.41, 5.74) is 2.60. The van der Waals surface area contributed by atoms with E-state index in [1.165, 1.54) is 30.8 Å². The van der Waals surface area contributed by atoms with Crippen molar-refractivity contribution in [2.45, 2.75) is 18.1 Å². The first-order chi connectivity index (χ1) is 8.81. The number of likely N-dealkylation sites (tertiary alicyclic amines) is 1. The number of para-hydroxylation sites is 1. The molecule has 1 saturated heterocycles. The number of thioether (sulfide) groups is 1. The maximum absolute atomic E-state index is 4.68. The summed E-state index contributed by atoms with van der Waals surface area (Å²) < 4.78 is 0. The molecule has 0 saturated carbocycles. The molecule has 1 aromatic carbocycles. The van der Waals surface area contributed by atoms with Crippen LogP contribution < -0.4 is 5.32 Å². The minimum absolute atomic E-state index is 0.687. The molecule has 0 spiro atoms. The second-order valence-electron chi connectivity index (χ2n) is 5.01. The highest BCUT2D eigenvalue weighted by molar-refractivity contribution is 8.14. The van der Waals surface area contributed by atoms with Crippen LogP contribution in [0.5, 0.6) is 0 Å². The van der Waals surface area contributed by atoms with Gasteiger partial charge in [0, 0.05) is 24.0 Å². The summed E-state index contributed by atoms with van der Waals surface area (Å²) in [5.74, 6) is 0. The summed E-state index contributed by atoms with van der Waals surface area (Å²) in [7, 11) is 2.19. The highest BCUT2D eigenvalue weighted by Crippen LogP contribution is 2.26. The molecule has 96 valence electrons. The summed E-state index contributed by atoms with van der Waals surface area (Å²) in [6.45, 7) is 3.28. The van der Waals surface area contributed by atoms with Gasteiger partial charge < -0.3 is 10.2 Å². The van der Waals surface area contributed by atoms with Crippen LogP contribution in [0, 0.1) is 0 Å². The third kappa shape index (κ3) is 2.70. The highest BCUT2D eigenvalue weighted by Gasteiger charge is 2.22. The molecule has 1 aromatic rings.